The van der Waals surface area contributed by atoms with Crippen molar-refractivity contribution in [3.8, 4) is 0 Å². The highest BCUT2D eigenvalue weighted by Crippen LogP contribution is 2.17. The van der Waals surface area contributed by atoms with Crippen LogP contribution in [-0.2, 0) is 6.54 Å². The van der Waals surface area contributed by atoms with E-state index >= 15 is 0 Å². The van der Waals surface area contributed by atoms with Gasteiger partial charge in [-0.1, -0.05) is 31.4 Å². The molecule has 0 heterocycles. The minimum atomic E-state index is -0.276. The molecule has 1 aliphatic carbocycles. The summed E-state index contributed by atoms with van der Waals surface area (Å²) in [6.07, 6.45) is 5.77. The van der Waals surface area contributed by atoms with E-state index in [4.69, 9.17) is 0 Å². The summed E-state index contributed by atoms with van der Waals surface area (Å²) >= 11 is 0. The van der Waals surface area contributed by atoms with E-state index in [2.05, 4.69) is 10.6 Å². The molecule has 2 N–H and O–H groups in total. The molecule has 4 heteroatoms. The third kappa shape index (κ3) is 4.02. The first-order chi connectivity index (χ1) is 8.74. The quantitative estimate of drug-likeness (QED) is 0.850. The molecule has 0 aromatic heterocycles. The Bertz CT molecular complexity index is 403. The second kappa shape index (κ2) is 6.38. The molecule has 1 aromatic carbocycles. The van der Waals surface area contributed by atoms with Crippen molar-refractivity contribution >= 4 is 6.03 Å². The Labute approximate surface area is 107 Å². The highest BCUT2D eigenvalue weighted by atomic mass is 19.1. The SMILES string of the molecule is O=C(NCc1cccc(F)c1)NC1CCCCC1. The van der Waals surface area contributed by atoms with E-state index in [0.29, 0.717) is 12.6 Å². The number of nitrogens with one attached hydrogen (secondary N) is 2. The first-order valence-corrected chi connectivity index (χ1v) is 6.53. The predicted octanol–water partition coefficient (Wildman–Crippen LogP) is 2.96. The maximum atomic E-state index is 12.9. The van der Waals surface area contributed by atoms with Gasteiger partial charge in [-0.05, 0) is 30.5 Å². The molecule has 0 aliphatic heterocycles. The van der Waals surface area contributed by atoms with Gasteiger partial charge < -0.3 is 10.6 Å². The lowest BCUT2D eigenvalue weighted by molar-refractivity contribution is 0.232. The van der Waals surface area contributed by atoms with Crippen LogP contribution in [0, 0.1) is 5.82 Å². The van der Waals surface area contributed by atoms with Crippen molar-refractivity contribution in [2.75, 3.05) is 0 Å². The van der Waals surface area contributed by atoms with Gasteiger partial charge in [-0.2, -0.15) is 0 Å². The van der Waals surface area contributed by atoms with E-state index in [1.807, 2.05) is 0 Å². The first kappa shape index (κ1) is 12.9. The number of urea groups is 1. The Morgan fingerprint density at radius 2 is 2.06 bits per heavy atom. The van der Waals surface area contributed by atoms with Gasteiger partial charge >= 0.3 is 6.03 Å². The molecule has 1 aromatic rings. The molecule has 0 spiro atoms. The van der Waals surface area contributed by atoms with Crippen LogP contribution in [0.1, 0.15) is 37.7 Å². The Hall–Kier alpha value is -1.58. The lowest BCUT2D eigenvalue weighted by atomic mass is 9.96. The molecule has 98 valence electrons. The number of amides is 2. The van der Waals surface area contributed by atoms with Crippen LogP contribution < -0.4 is 10.6 Å². The zero-order chi connectivity index (χ0) is 12.8. The molecule has 2 rings (SSSR count). The summed E-state index contributed by atoms with van der Waals surface area (Å²) in [4.78, 5) is 11.7. The van der Waals surface area contributed by atoms with Crippen molar-refractivity contribution in [2.45, 2.75) is 44.7 Å². The van der Waals surface area contributed by atoms with Crippen LogP contribution in [0.15, 0.2) is 24.3 Å². The fourth-order valence-electron chi connectivity index (χ4n) is 2.31. The third-order valence-corrected chi connectivity index (χ3v) is 3.28. The molecule has 1 fully saturated rings. The van der Waals surface area contributed by atoms with Gasteiger partial charge in [0.1, 0.15) is 5.82 Å². The lowest BCUT2D eigenvalue weighted by Crippen LogP contribution is -2.42. The summed E-state index contributed by atoms with van der Waals surface area (Å²) in [5.41, 5.74) is 0.772. The molecule has 18 heavy (non-hydrogen) atoms. The largest absolute Gasteiger partial charge is 0.335 e. The molecule has 0 saturated heterocycles. The van der Waals surface area contributed by atoms with Crippen LogP contribution in [-0.4, -0.2) is 12.1 Å². The molecule has 0 unspecified atom stereocenters. The second-order valence-electron chi connectivity index (χ2n) is 4.79. The summed E-state index contributed by atoms with van der Waals surface area (Å²) in [7, 11) is 0. The fourth-order valence-corrected chi connectivity index (χ4v) is 2.31. The molecular formula is C14H19FN2O. The van der Waals surface area contributed by atoms with Gasteiger partial charge in [0.25, 0.3) is 0 Å². The van der Waals surface area contributed by atoms with E-state index in [-0.39, 0.29) is 11.8 Å². The predicted molar refractivity (Wildman–Crippen MR) is 68.6 cm³/mol. The fraction of sp³-hybridized carbons (Fsp3) is 0.500. The summed E-state index contributed by atoms with van der Waals surface area (Å²) in [6.45, 7) is 0.357. The maximum Gasteiger partial charge on any atom is 0.315 e. The highest BCUT2D eigenvalue weighted by molar-refractivity contribution is 5.74. The summed E-state index contributed by atoms with van der Waals surface area (Å²) in [5, 5.41) is 5.72. The van der Waals surface area contributed by atoms with Crippen LogP contribution in [0.5, 0.6) is 0 Å². The molecule has 2 amide bonds. The first-order valence-electron chi connectivity index (χ1n) is 6.53. The maximum absolute atomic E-state index is 12.9. The van der Waals surface area contributed by atoms with Gasteiger partial charge in [0.2, 0.25) is 0 Å². The van der Waals surface area contributed by atoms with Gasteiger partial charge in [-0.15, -0.1) is 0 Å². The van der Waals surface area contributed by atoms with E-state index in [1.165, 1.54) is 31.4 Å². The second-order valence-corrected chi connectivity index (χ2v) is 4.79. The number of carbonyl (C=O) groups is 1. The van der Waals surface area contributed by atoms with Crippen molar-refractivity contribution < 1.29 is 9.18 Å². The minimum absolute atomic E-state index is 0.161. The Balaban J connectivity index is 1.74. The highest BCUT2D eigenvalue weighted by Gasteiger charge is 2.15. The van der Waals surface area contributed by atoms with Crippen molar-refractivity contribution in [3.05, 3.63) is 35.6 Å². The molecule has 0 bridgehead atoms. The summed E-state index contributed by atoms with van der Waals surface area (Å²) in [6, 6.07) is 6.40. The van der Waals surface area contributed by atoms with E-state index in [9.17, 15) is 9.18 Å². The van der Waals surface area contributed by atoms with Crippen molar-refractivity contribution in [1.82, 2.24) is 10.6 Å². The zero-order valence-corrected chi connectivity index (χ0v) is 10.4. The number of rotatable bonds is 3. The van der Waals surface area contributed by atoms with Crippen LogP contribution in [0.2, 0.25) is 0 Å². The molecule has 0 radical (unpaired) electrons. The minimum Gasteiger partial charge on any atom is -0.335 e. The van der Waals surface area contributed by atoms with Gasteiger partial charge in [-0.25, -0.2) is 9.18 Å². The number of hydrogen-bond donors (Lipinski definition) is 2. The van der Waals surface area contributed by atoms with E-state index < -0.39 is 0 Å². The Morgan fingerprint density at radius 3 is 2.78 bits per heavy atom. The lowest BCUT2D eigenvalue weighted by Gasteiger charge is -2.22. The Morgan fingerprint density at radius 1 is 1.28 bits per heavy atom. The topological polar surface area (TPSA) is 41.1 Å². The Kier molecular flexibility index (Phi) is 4.56. The van der Waals surface area contributed by atoms with Crippen molar-refractivity contribution in [3.63, 3.8) is 0 Å². The van der Waals surface area contributed by atoms with Crippen LogP contribution in [0.25, 0.3) is 0 Å². The van der Waals surface area contributed by atoms with Gasteiger partial charge in [0.05, 0.1) is 0 Å². The van der Waals surface area contributed by atoms with Crippen LogP contribution >= 0.6 is 0 Å². The number of hydrogen-bond acceptors (Lipinski definition) is 1. The van der Waals surface area contributed by atoms with Gasteiger partial charge in [-0.3, -0.25) is 0 Å². The molecular weight excluding hydrogens is 231 g/mol. The summed E-state index contributed by atoms with van der Waals surface area (Å²) < 4.78 is 12.9. The molecule has 1 aliphatic rings. The van der Waals surface area contributed by atoms with Crippen LogP contribution in [0.3, 0.4) is 0 Å². The number of halogens is 1. The monoisotopic (exact) mass is 250 g/mol. The molecule has 0 atom stereocenters. The van der Waals surface area contributed by atoms with Gasteiger partial charge in [0, 0.05) is 12.6 Å². The smallest absolute Gasteiger partial charge is 0.315 e. The number of benzene rings is 1. The molecule has 3 nitrogen and oxygen atoms in total. The van der Waals surface area contributed by atoms with E-state index in [1.54, 1.807) is 12.1 Å². The normalized spacial score (nSPS) is 16.3. The average molecular weight is 250 g/mol. The molecule has 1 saturated carbocycles. The number of carbonyl (C=O) groups excluding carboxylic acids is 1. The zero-order valence-electron chi connectivity index (χ0n) is 10.4. The standard InChI is InChI=1S/C14H19FN2O/c15-12-6-4-5-11(9-12)10-16-14(18)17-13-7-2-1-3-8-13/h4-6,9,13H,1-3,7-8,10H2,(H2,16,17,18). The summed E-state index contributed by atoms with van der Waals surface area (Å²) in [5.74, 6) is -0.276. The van der Waals surface area contributed by atoms with Gasteiger partial charge in [0.15, 0.2) is 0 Å². The van der Waals surface area contributed by atoms with Crippen molar-refractivity contribution in [1.29, 1.82) is 0 Å². The van der Waals surface area contributed by atoms with E-state index in [0.717, 1.165) is 18.4 Å². The average Bonchev–Trinajstić information content (AvgIpc) is 2.38. The van der Waals surface area contributed by atoms with Crippen molar-refractivity contribution in [2.24, 2.45) is 0 Å². The third-order valence-electron chi connectivity index (χ3n) is 3.28. The van der Waals surface area contributed by atoms with Crippen LogP contribution in [0.4, 0.5) is 9.18 Å².